The van der Waals surface area contributed by atoms with Crippen LogP contribution in [0.3, 0.4) is 0 Å². The minimum Gasteiger partial charge on any atom is -0.106 e. The van der Waals surface area contributed by atoms with E-state index in [0.717, 1.165) is 0 Å². The molecule has 0 aromatic heterocycles. The highest BCUT2D eigenvalue weighted by Crippen LogP contribution is 2.22. The summed E-state index contributed by atoms with van der Waals surface area (Å²) >= 11 is 0. The molecule has 0 amide bonds. The van der Waals surface area contributed by atoms with Gasteiger partial charge in [0.15, 0.2) is 0 Å². The van der Waals surface area contributed by atoms with Crippen molar-refractivity contribution in [2.24, 2.45) is 0 Å². The van der Waals surface area contributed by atoms with Crippen LogP contribution in [0.2, 0.25) is 0 Å². The summed E-state index contributed by atoms with van der Waals surface area (Å²) in [5, 5.41) is 1.23. The van der Waals surface area contributed by atoms with Gasteiger partial charge in [-0.2, -0.15) is 0 Å². The largest absolute Gasteiger partial charge is 0.106 e. The third kappa shape index (κ3) is 1.86. The van der Waals surface area contributed by atoms with Crippen molar-refractivity contribution in [3.05, 3.63) is 54.1 Å². The lowest BCUT2D eigenvalue weighted by Gasteiger charge is -2.05. The second-order valence-corrected chi connectivity index (χ2v) is 4.11. The van der Waals surface area contributed by atoms with E-state index in [0.29, 0.717) is 0 Å². The highest BCUT2D eigenvalue weighted by Gasteiger charge is 1.99. The molecular weight excluding hydrogens is 187 g/mol. The third-order valence-corrected chi connectivity index (χ3v) is 2.70. The van der Waals surface area contributed by atoms with Crippen LogP contribution in [0.1, 0.15) is 5.56 Å². The number of aryl methyl sites for hydroxylation is 1. The number of hydrogen-bond donors (Lipinski definition) is 0. The van der Waals surface area contributed by atoms with Crippen LogP contribution in [-0.4, -0.2) is 0 Å². The Morgan fingerprint density at radius 2 is 1.71 bits per heavy atom. The van der Waals surface area contributed by atoms with Gasteiger partial charge in [0.25, 0.3) is 0 Å². The summed E-state index contributed by atoms with van der Waals surface area (Å²) in [5.74, 6) is 0. The summed E-state index contributed by atoms with van der Waals surface area (Å²) in [6.07, 6.45) is 0. The van der Waals surface area contributed by atoms with E-state index >= 15 is 0 Å². The molecule has 0 radical (unpaired) electrons. The van der Waals surface area contributed by atoms with E-state index in [1.807, 2.05) is 0 Å². The molecule has 1 heteroatoms. The number of rotatable bonds is 1. The van der Waals surface area contributed by atoms with E-state index < -0.39 is 0 Å². The van der Waals surface area contributed by atoms with Crippen LogP contribution in [0.4, 0.5) is 0 Å². The highest BCUT2D eigenvalue weighted by molar-refractivity contribution is 7.27. The van der Waals surface area contributed by atoms with E-state index in [4.69, 9.17) is 0 Å². The molecule has 0 fully saturated rings. The maximum atomic E-state index is 2.73. The molecule has 0 aliphatic rings. The van der Waals surface area contributed by atoms with Crippen molar-refractivity contribution in [1.82, 2.24) is 0 Å². The molecule has 0 aliphatic carbocycles. The molecule has 0 N–H and O–H groups in total. The fraction of sp³-hybridized carbons (Fsp3) is 0.0769. The quantitative estimate of drug-likeness (QED) is 0.620. The topological polar surface area (TPSA) is 0 Å². The molecule has 2 aromatic rings. The summed E-state index contributed by atoms with van der Waals surface area (Å²) < 4.78 is 0. The Balaban J connectivity index is 2.55. The molecule has 0 nitrogen and oxygen atoms in total. The molecule has 14 heavy (non-hydrogen) atoms. The van der Waals surface area contributed by atoms with Crippen LogP contribution >= 0.6 is 9.24 Å². The minimum absolute atomic E-state index is 1.23. The molecule has 1 atom stereocenters. The fourth-order valence-electron chi connectivity index (χ4n) is 1.60. The third-order valence-electron chi connectivity index (χ3n) is 2.34. The van der Waals surface area contributed by atoms with Crippen molar-refractivity contribution in [3.8, 4) is 11.1 Å². The van der Waals surface area contributed by atoms with Crippen molar-refractivity contribution in [2.75, 3.05) is 0 Å². The molecule has 0 aliphatic heterocycles. The molecule has 2 rings (SSSR count). The first-order valence-electron chi connectivity index (χ1n) is 4.69. The second-order valence-electron chi connectivity index (χ2n) is 3.44. The van der Waals surface area contributed by atoms with Gasteiger partial charge in [-0.05, 0) is 35.0 Å². The molecule has 0 spiro atoms. The Morgan fingerprint density at radius 1 is 0.929 bits per heavy atom. The zero-order valence-electron chi connectivity index (χ0n) is 8.20. The Kier molecular flexibility index (Phi) is 2.65. The van der Waals surface area contributed by atoms with Gasteiger partial charge in [-0.25, -0.2) is 0 Å². The standard InChI is InChI=1S/C13H13P/c1-10-5-2-3-8-13(10)11-6-4-7-12(14)9-11/h2-9H,14H2,1H3. The first-order chi connectivity index (χ1) is 6.77. The molecule has 0 saturated carbocycles. The van der Waals surface area contributed by atoms with E-state index in [1.165, 1.54) is 22.0 Å². The van der Waals surface area contributed by atoms with Crippen LogP contribution in [0.15, 0.2) is 48.5 Å². The van der Waals surface area contributed by atoms with Crippen molar-refractivity contribution in [2.45, 2.75) is 6.92 Å². The van der Waals surface area contributed by atoms with E-state index in [1.54, 1.807) is 0 Å². The van der Waals surface area contributed by atoms with Gasteiger partial charge in [0, 0.05) is 0 Å². The Labute approximate surface area is 87.2 Å². The zero-order valence-corrected chi connectivity index (χ0v) is 9.35. The second kappa shape index (κ2) is 3.94. The van der Waals surface area contributed by atoms with E-state index in [2.05, 4.69) is 64.7 Å². The molecular formula is C13H13P. The first kappa shape index (κ1) is 9.43. The lowest BCUT2D eigenvalue weighted by molar-refractivity contribution is 1.46. The van der Waals surface area contributed by atoms with Crippen LogP contribution < -0.4 is 5.30 Å². The van der Waals surface area contributed by atoms with Crippen LogP contribution in [-0.2, 0) is 0 Å². The predicted molar refractivity (Wildman–Crippen MR) is 66.0 cm³/mol. The normalized spacial score (nSPS) is 10.1. The van der Waals surface area contributed by atoms with Gasteiger partial charge in [0.1, 0.15) is 0 Å². The lowest BCUT2D eigenvalue weighted by atomic mass is 10.0. The summed E-state index contributed by atoms with van der Waals surface area (Å²) in [4.78, 5) is 0. The first-order valence-corrected chi connectivity index (χ1v) is 5.26. The average Bonchev–Trinajstić information content (AvgIpc) is 2.18. The van der Waals surface area contributed by atoms with Crippen molar-refractivity contribution in [3.63, 3.8) is 0 Å². The van der Waals surface area contributed by atoms with Gasteiger partial charge < -0.3 is 0 Å². The van der Waals surface area contributed by atoms with Crippen LogP contribution in [0, 0.1) is 6.92 Å². The highest BCUT2D eigenvalue weighted by atomic mass is 31.0. The van der Waals surface area contributed by atoms with Gasteiger partial charge in [0.05, 0.1) is 0 Å². The van der Waals surface area contributed by atoms with Gasteiger partial charge in [0.2, 0.25) is 0 Å². The fourth-order valence-corrected chi connectivity index (χ4v) is 1.89. The average molecular weight is 200 g/mol. The molecule has 0 saturated heterocycles. The molecule has 2 aromatic carbocycles. The summed E-state index contributed by atoms with van der Waals surface area (Å²) in [6.45, 7) is 2.14. The van der Waals surface area contributed by atoms with Crippen molar-refractivity contribution < 1.29 is 0 Å². The van der Waals surface area contributed by atoms with Crippen molar-refractivity contribution in [1.29, 1.82) is 0 Å². The Morgan fingerprint density at radius 3 is 2.43 bits per heavy atom. The molecule has 0 bridgehead atoms. The van der Waals surface area contributed by atoms with E-state index in [-0.39, 0.29) is 0 Å². The molecule has 1 unspecified atom stereocenters. The molecule has 70 valence electrons. The Bertz CT molecular complexity index is 446. The lowest BCUT2D eigenvalue weighted by Crippen LogP contribution is -1.90. The van der Waals surface area contributed by atoms with Gasteiger partial charge in [-0.15, -0.1) is 9.24 Å². The molecule has 0 heterocycles. The Hall–Kier alpha value is -1.13. The minimum atomic E-state index is 1.23. The smallest absolute Gasteiger partial charge is 0.0155 e. The number of hydrogen-bond acceptors (Lipinski definition) is 0. The number of benzene rings is 2. The van der Waals surface area contributed by atoms with Gasteiger partial charge >= 0.3 is 0 Å². The zero-order chi connectivity index (χ0) is 9.97. The summed E-state index contributed by atoms with van der Waals surface area (Å²) in [7, 11) is 2.73. The van der Waals surface area contributed by atoms with E-state index in [9.17, 15) is 0 Å². The summed E-state index contributed by atoms with van der Waals surface area (Å²) in [6, 6.07) is 17.0. The van der Waals surface area contributed by atoms with Crippen LogP contribution in [0.25, 0.3) is 11.1 Å². The predicted octanol–water partition coefficient (Wildman–Crippen LogP) is 3.16. The van der Waals surface area contributed by atoms with Crippen LogP contribution in [0.5, 0.6) is 0 Å². The van der Waals surface area contributed by atoms with Gasteiger partial charge in [-0.3, -0.25) is 0 Å². The van der Waals surface area contributed by atoms with Crippen molar-refractivity contribution >= 4 is 14.5 Å². The summed E-state index contributed by atoms with van der Waals surface area (Å²) in [5.41, 5.74) is 3.93. The maximum Gasteiger partial charge on any atom is -0.0155 e. The SMILES string of the molecule is Cc1ccccc1-c1cccc(P)c1. The maximum absolute atomic E-state index is 2.73. The monoisotopic (exact) mass is 200 g/mol. The van der Waals surface area contributed by atoms with Gasteiger partial charge in [-0.1, -0.05) is 42.5 Å².